The van der Waals surface area contributed by atoms with Crippen molar-refractivity contribution in [2.24, 2.45) is 0 Å². The summed E-state index contributed by atoms with van der Waals surface area (Å²) < 4.78 is 5.91. The Morgan fingerprint density at radius 3 is 2.58 bits per heavy atom. The first-order valence-electron chi connectivity index (χ1n) is 7.92. The monoisotopic (exact) mass is 334 g/mol. The standard InChI is InChI=1S/C21H18O2S/c1-3-4-7-16-10-12-17(13-11-16)14-24-21-15(2)20(22)18-8-5-6-9-19(18)23-21/h5-6,8-13H,3,14H2,1-2H3. The normalized spacial score (nSPS) is 10.4. The number of benzene rings is 2. The molecule has 0 fully saturated rings. The number of thioether (sulfide) groups is 1. The van der Waals surface area contributed by atoms with Crippen LogP contribution in [0.1, 0.15) is 30.0 Å². The van der Waals surface area contributed by atoms with Crippen LogP contribution in [0.3, 0.4) is 0 Å². The van der Waals surface area contributed by atoms with Gasteiger partial charge in [0.2, 0.25) is 0 Å². The first-order chi connectivity index (χ1) is 11.7. The molecule has 0 spiro atoms. The van der Waals surface area contributed by atoms with Crippen LogP contribution in [0.15, 0.2) is 62.8 Å². The van der Waals surface area contributed by atoms with Crippen LogP contribution in [-0.4, -0.2) is 0 Å². The molecule has 3 aromatic rings. The fourth-order valence-corrected chi connectivity index (χ4v) is 3.32. The molecule has 3 heteroatoms. The Hall–Kier alpha value is -2.44. The molecule has 0 saturated heterocycles. The highest BCUT2D eigenvalue weighted by Gasteiger charge is 2.11. The van der Waals surface area contributed by atoms with Gasteiger partial charge in [0.25, 0.3) is 0 Å². The van der Waals surface area contributed by atoms with Crippen molar-refractivity contribution >= 4 is 22.7 Å². The van der Waals surface area contributed by atoms with Crippen molar-refractivity contribution in [2.75, 3.05) is 0 Å². The molecule has 0 aliphatic heterocycles. The number of rotatable bonds is 3. The van der Waals surface area contributed by atoms with Crippen LogP contribution in [0.25, 0.3) is 11.0 Å². The van der Waals surface area contributed by atoms with Crippen molar-refractivity contribution < 1.29 is 4.42 Å². The van der Waals surface area contributed by atoms with Gasteiger partial charge in [-0.3, -0.25) is 4.79 Å². The van der Waals surface area contributed by atoms with Crippen molar-refractivity contribution in [3.05, 3.63) is 75.4 Å². The van der Waals surface area contributed by atoms with Gasteiger partial charge in [-0.1, -0.05) is 54.8 Å². The number of hydrogen-bond acceptors (Lipinski definition) is 3. The van der Waals surface area contributed by atoms with Gasteiger partial charge >= 0.3 is 0 Å². The third kappa shape index (κ3) is 3.55. The van der Waals surface area contributed by atoms with Crippen LogP contribution in [-0.2, 0) is 5.75 Å². The van der Waals surface area contributed by atoms with Gasteiger partial charge in [0.15, 0.2) is 10.5 Å². The topological polar surface area (TPSA) is 30.2 Å². The Balaban J connectivity index is 1.80. The minimum atomic E-state index is 0.0459. The van der Waals surface area contributed by atoms with E-state index in [2.05, 4.69) is 24.0 Å². The highest BCUT2D eigenvalue weighted by atomic mass is 32.2. The molecule has 1 heterocycles. The summed E-state index contributed by atoms with van der Waals surface area (Å²) in [4.78, 5) is 12.4. The van der Waals surface area contributed by atoms with Crippen molar-refractivity contribution in [3.8, 4) is 11.8 Å². The maximum absolute atomic E-state index is 12.4. The van der Waals surface area contributed by atoms with E-state index in [9.17, 15) is 4.79 Å². The van der Waals surface area contributed by atoms with Gasteiger partial charge in [0.05, 0.1) is 5.39 Å². The lowest BCUT2D eigenvalue weighted by Gasteiger charge is -2.06. The van der Waals surface area contributed by atoms with Crippen molar-refractivity contribution in [1.29, 1.82) is 0 Å². The average molecular weight is 334 g/mol. The SMILES string of the molecule is CCC#Cc1ccc(CSc2oc3ccccc3c(=O)c2C)cc1. The largest absolute Gasteiger partial charge is 0.449 e. The molecule has 120 valence electrons. The summed E-state index contributed by atoms with van der Waals surface area (Å²) >= 11 is 1.55. The molecule has 2 nitrogen and oxygen atoms in total. The molecule has 0 saturated carbocycles. The predicted octanol–water partition coefficient (Wildman–Crippen LogP) is 5.16. The zero-order valence-corrected chi connectivity index (χ0v) is 14.6. The molecule has 2 aromatic carbocycles. The van der Waals surface area contributed by atoms with E-state index < -0.39 is 0 Å². The molecule has 0 aliphatic rings. The van der Waals surface area contributed by atoms with E-state index in [4.69, 9.17) is 4.42 Å². The molecular weight excluding hydrogens is 316 g/mol. The summed E-state index contributed by atoms with van der Waals surface area (Å²) in [7, 11) is 0. The quantitative estimate of drug-likeness (QED) is 0.490. The van der Waals surface area contributed by atoms with Gasteiger partial charge in [0, 0.05) is 23.3 Å². The second-order valence-corrected chi connectivity index (χ2v) is 6.43. The number of hydrogen-bond donors (Lipinski definition) is 0. The highest BCUT2D eigenvalue weighted by molar-refractivity contribution is 7.98. The lowest BCUT2D eigenvalue weighted by atomic mass is 10.1. The smallest absolute Gasteiger partial charge is 0.196 e. The fourth-order valence-electron chi connectivity index (χ4n) is 2.38. The highest BCUT2D eigenvalue weighted by Crippen LogP contribution is 2.27. The van der Waals surface area contributed by atoms with E-state index in [1.807, 2.05) is 44.2 Å². The summed E-state index contributed by atoms with van der Waals surface area (Å²) in [6.45, 7) is 3.86. The van der Waals surface area contributed by atoms with Gasteiger partial charge < -0.3 is 4.42 Å². The molecular formula is C21H18O2S. The molecule has 0 radical (unpaired) electrons. The van der Waals surface area contributed by atoms with Crippen LogP contribution < -0.4 is 5.43 Å². The maximum atomic E-state index is 12.4. The van der Waals surface area contributed by atoms with E-state index in [-0.39, 0.29) is 5.43 Å². The van der Waals surface area contributed by atoms with Crippen LogP contribution in [0.2, 0.25) is 0 Å². The summed E-state index contributed by atoms with van der Waals surface area (Å²) in [6, 6.07) is 15.6. The van der Waals surface area contributed by atoms with Crippen molar-refractivity contribution in [1.82, 2.24) is 0 Å². The third-order valence-electron chi connectivity index (χ3n) is 3.71. The van der Waals surface area contributed by atoms with Crippen LogP contribution in [0.5, 0.6) is 0 Å². The zero-order valence-electron chi connectivity index (χ0n) is 13.8. The summed E-state index contributed by atoms with van der Waals surface area (Å²) in [5, 5.41) is 1.33. The third-order valence-corrected chi connectivity index (χ3v) is 4.84. The average Bonchev–Trinajstić information content (AvgIpc) is 2.62. The molecule has 0 bridgehead atoms. The predicted molar refractivity (Wildman–Crippen MR) is 100 cm³/mol. The molecule has 0 unspecified atom stereocenters. The Morgan fingerprint density at radius 1 is 1.08 bits per heavy atom. The van der Waals surface area contributed by atoms with E-state index in [1.165, 1.54) is 5.56 Å². The van der Waals surface area contributed by atoms with Gasteiger partial charge in [-0.2, -0.15) is 0 Å². The molecule has 0 N–H and O–H groups in total. The second kappa shape index (κ2) is 7.42. The summed E-state index contributed by atoms with van der Waals surface area (Å²) in [6.07, 6.45) is 0.859. The van der Waals surface area contributed by atoms with Gasteiger partial charge in [0.1, 0.15) is 5.58 Å². The van der Waals surface area contributed by atoms with Crippen LogP contribution >= 0.6 is 11.8 Å². The lowest BCUT2D eigenvalue weighted by molar-refractivity contribution is 0.492. The first-order valence-corrected chi connectivity index (χ1v) is 8.90. The molecule has 0 amide bonds. The zero-order chi connectivity index (χ0) is 16.9. The van der Waals surface area contributed by atoms with Gasteiger partial charge in [-0.25, -0.2) is 0 Å². The Labute approximate surface area is 145 Å². The van der Waals surface area contributed by atoms with Crippen LogP contribution in [0.4, 0.5) is 0 Å². The molecule has 0 atom stereocenters. The summed E-state index contributed by atoms with van der Waals surface area (Å²) in [5.74, 6) is 6.94. The lowest BCUT2D eigenvalue weighted by Crippen LogP contribution is -2.06. The first kappa shape index (κ1) is 16.4. The Morgan fingerprint density at radius 2 is 1.83 bits per heavy atom. The Kier molecular flexibility index (Phi) is 5.08. The summed E-state index contributed by atoms with van der Waals surface area (Å²) in [5.41, 5.74) is 3.56. The van der Waals surface area contributed by atoms with Crippen LogP contribution in [0, 0.1) is 18.8 Å². The van der Waals surface area contributed by atoms with E-state index in [0.29, 0.717) is 21.6 Å². The Bertz CT molecular complexity index is 973. The molecule has 1 aromatic heterocycles. The minimum absolute atomic E-state index is 0.0459. The second-order valence-electron chi connectivity index (χ2n) is 5.48. The number of fused-ring (bicyclic) bond motifs is 1. The minimum Gasteiger partial charge on any atom is -0.449 e. The molecule has 24 heavy (non-hydrogen) atoms. The van der Waals surface area contributed by atoms with Crippen molar-refractivity contribution in [3.63, 3.8) is 0 Å². The molecule has 3 rings (SSSR count). The van der Waals surface area contributed by atoms with Gasteiger partial charge in [-0.15, -0.1) is 0 Å². The van der Waals surface area contributed by atoms with Gasteiger partial charge in [-0.05, 0) is 36.8 Å². The van der Waals surface area contributed by atoms with Crippen molar-refractivity contribution in [2.45, 2.75) is 31.1 Å². The van der Waals surface area contributed by atoms with E-state index in [0.717, 1.165) is 17.7 Å². The van der Waals surface area contributed by atoms with E-state index in [1.54, 1.807) is 17.8 Å². The molecule has 0 aliphatic carbocycles. The number of para-hydroxylation sites is 1. The fraction of sp³-hybridized carbons (Fsp3) is 0.190. The van der Waals surface area contributed by atoms with E-state index >= 15 is 0 Å². The maximum Gasteiger partial charge on any atom is 0.196 e.